The van der Waals surface area contributed by atoms with Crippen LogP contribution in [0.1, 0.15) is 37.7 Å². The lowest BCUT2D eigenvalue weighted by Gasteiger charge is -2.36. The quantitative estimate of drug-likeness (QED) is 0.399. The molecule has 2 aliphatic rings. The third-order valence-electron chi connectivity index (χ3n) is 6.11. The van der Waals surface area contributed by atoms with E-state index in [1.165, 1.54) is 18.4 Å². The van der Waals surface area contributed by atoms with Gasteiger partial charge in [-0.15, -0.1) is 0 Å². The van der Waals surface area contributed by atoms with Crippen molar-refractivity contribution in [3.63, 3.8) is 0 Å². The van der Waals surface area contributed by atoms with Crippen molar-refractivity contribution in [2.75, 3.05) is 52.9 Å². The molecule has 1 amide bonds. The fourth-order valence-corrected chi connectivity index (χ4v) is 4.32. The Balaban J connectivity index is 1.26. The second kappa shape index (κ2) is 11.8. The summed E-state index contributed by atoms with van der Waals surface area (Å²) in [6.07, 6.45) is 6.81. The molecule has 0 spiro atoms. The van der Waals surface area contributed by atoms with E-state index in [4.69, 9.17) is 0 Å². The summed E-state index contributed by atoms with van der Waals surface area (Å²) in [5, 5.41) is 6.81. The molecule has 1 aromatic rings. The smallest absolute Gasteiger partial charge is 0.225 e. The highest BCUT2D eigenvalue weighted by Gasteiger charge is 2.29. The molecule has 1 heterocycles. The molecule has 0 unspecified atom stereocenters. The highest BCUT2D eigenvalue weighted by molar-refractivity contribution is 5.79. The van der Waals surface area contributed by atoms with E-state index in [1.807, 2.05) is 7.05 Å². The summed E-state index contributed by atoms with van der Waals surface area (Å²) in [4.78, 5) is 21.4. The normalized spacial score (nSPS) is 18.8. The number of aryl methyl sites for hydroxylation is 1. The summed E-state index contributed by atoms with van der Waals surface area (Å²) in [6.45, 7) is 6.47. The maximum Gasteiger partial charge on any atom is 0.225 e. The van der Waals surface area contributed by atoms with Crippen LogP contribution in [0.3, 0.4) is 0 Å². The average molecular weight is 400 g/mol. The second-order valence-electron chi connectivity index (χ2n) is 8.16. The molecule has 2 N–H and O–H groups in total. The molecular formula is C23H37N5O. The molecular weight excluding hydrogens is 362 g/mol. The molecule has 2 fully saturated rings. The van der Waals surface area contributed by atoms with Crippen LogP contribution in [0, 0.1) is 5.92 Å². The molecule has 1 saturated carbocycles. The number of rotatable bonds is 8. The van der Waals surface area contributed by atoms with Gasteiger partial charge in [-0.1, -0.05) is 43.2 Å². The molecule has 1 aromatic carbocycles. The number of hydrogen-bond donors (Lipinski definition) is 2. The van der Waals surface area contributed by atoms with Gasteiger partial charge in [-0.25, -0.2) is 0 Å². The zero-order chi connectivity index (χ0) is 20.3. The van der Waals surface area contributed by atoms with Crippen LogP contribution in [-0.4, -0.2) is 74.5 Å². The Bertz CT molecular complexity index is 634. The summed E-state index contributed by atoms with van der Waals surface area (Å²) < 4.78 is 0. The molecule has 0 radical (unpaired) electrons. The van der Waals surface area contributed by atoms with Gasteiger partial charge in [-0.05, 0) is 31.2 Å². The van der Waals surface area contributed by atoms with Crippen molar-refractivity contribution in [3.05, 3.63) is 35.9 Å². The summed E-state index contributed by atoms with van der Waals surface area (Å²) in [7, 11) is 1.82. The van der Waals surface area contributed by atoms with Crippen LogP contribution in [-0.2, 0) is 11.2 Å². The number of amides is 1. The zero-order valence-electron chi connectivity index (χ0n) is 17.9. The van der Waals surface area contributed by atoms with Gasteiger partial charge in [-0.2, -0.15) is 0 Å². The van der Waals surface area contributed by atoms with Crippen molar-refractivity contribution in [1.29, 1.82) is 0 Å². The van der Waals surface area contributed by atoms with Crippen molar-refractivity contribution >= 4 is 11.9 Å². The van der Waals surface area contributed by atoms with Crippen molar-refractivity contribution < 1.29 is 4.79 Å². The highest BCUT2D eigenvalue weighted by atomic mass is 16.2. The van der Waals surface area contributed by atoms with E-state index < -0.39 is 0 Å². The monoisotopic (exact) mass is 399 g/mol. The molecule has 0 atom stereocenters. The average Bonchev–Trinajstić information content (AvgIpc) is 3.31. The predicted octanol–water partition coefficient (Wildman–Crippen LogP) is 2.12. The molecule has 0 bridgehead atoms. The van der Waals surface area contributed by atoms with Crippen molar-refractivity contribution in [2.45, 2.75) is 38.5 Å². The number of guanidine groups is 1. The topological polar surface area (TPSA) is 60.0 Å². The third-order valence-corrected chi connectivity index (χ3v) is 6.11. The van der Waals surface area contributed by atoms with Crippen LogP contribution in [0.5, 0.6) is 0 Å². The van der Waals surface area contributed by atoms with Crippen molar-refractivity contribution in [1.82, 2.24) is 20.4 Å². The van der Waals surface area contributed by atoms with Crippen molar-refractivity contribution in [2.24, 2.45) is 10.9 Å². The number of benzene rings is 1. The van der Waals surface area contributed by atoms with Gasteiger partial charge in [0.15, 0.2) is 5.96 Å². The second-order valence-corrected chi connectivity index (χ2v) is 8.16. The van der Waals surface area contributed by atoms with E-state index in [0.29, 0.717) is 11.8 Å². The van der Waals surface area contributed by atoms with Crippen molar-refractivity contribution in [3.8, 4) is 0 Å². The fourth-order valence-electron chi connectivity index (χ4n) is 4.32. The minimum Gasteiger partial charge on any atom is -0.356 e. The number of carbonyl (C=O) groups excluding carboxylic acids is 1. The van der Waals surface area contributed by atoms with E-state index in [2.05, 4.69) is 55.8 Å². The molecule has 0 aromatic heterocycles. The number of nitrogens with zero attached hydrogens (tertiary/aromatic N) is 3. The standard InChI is InChI=1S/C23H37N5O/c1-24-23(25-13-7-10-20-8-3-2-4-9-20)26-14-15-27-16-18-28(19-17-27)22(29)21-11-5-6-12-21/h2-4,8-9,21H,5-7,10-19H2,1H3,(H2,24,25,26). The molecule has 1 aliphatic heterocycles. The maximum absolute atomic E-state index is 12.5. The first-order chi connectivity index (χ1) is 14.3. The number of aliphatic imine (C=N–C) groups is 1. The van der Waals surface area contributed by atoms with E-state index in [0.717, 1.165) is 77.5 Å². The lowest BCUT2D eigenvalue weighted by atomic mass is 10.1. The number of piperazine rings is 1. The summed E-state index contributed by atoms with van der Waals surface area (Å²) in [6, 6.07) is 10.6. The first-order valence-corrected chi connectivity index (χ1v) is 11.3. The van der Waals surface area contributed by atoms with Crippen LogP contribution >= 0.6 is 0 Å². The van der Waals surface area contributed by atoms with E-state index in [1.54, 1.807) is 0 Å². The summed E-state index contributed by atoms with van der Waals surface area (Å²) in [5.74, 6) is 1.58. The number of nitrogens with one attached hydrogen (secondary N) is 2. The van der Waals surface area contributed by atoms with Crippen LogP contribution in [0.25, 0.3) is 0 Å². The lowest BCUT2D eigenvalue weighted by Crippen LogP contribution is -2.51. The summed E-state index contributed by atoms with van der Waals surface area (Å²) in [5.41, 5.74) is 1.38. The largest absolute Gasteiger partial charge is 0.356 e. The first kappa shape index (κ1) is 21.6. The summed E-state index contributed by atoms with van der Waals surface area (Å²) >= 11 is 0. The Labute approximate surface area is 175 Å². The lowest BCUT2D eigenvalue weighted by molar-refractivity contribution is -0.137. The molecule has 1 saturated heterocycles. The zero-order valence-corrected chi connectivity index (χ0v) is 17.9. The van der Waals surface area contributed by atoms with E-state index in [-0.39, 0.29) is 0 Å². The molecule has 6 nitrogen and oxygen atoms in total. The molecule has 6 heteroatoms. The van der Waals surface area contributed by atoms with Gasteiger partial charge < -0.3 is 15.5 Å². The first-order valence-electron chi connectivity index (χ1n) is 11.3. The Morgan fingerprint density at radius 2 is 1.72 bits per heavy atom. The van der Waals surface area contributed by atoms with Crippen LogP contribution in [0.15, 0.2) is 35.3 Å². The minimum atomic E-state index is 0.305. The molecule has 1 aliphatic carbocycles. The van der Waals surface area contributed by atoms with E-state index >= 15 is 0 Å². The van der Waals surface area contributed by atoms with Crippen LogP contribution in [0.2, 0.25) is 0 Å². The van der Waals surface area contributed by atoms with Gasteiger partial charge >= 0.3 is 0 Å². The fraction of sp³-hybridized carbons (Fsp3) is 0.652. The predicted molar refractivity (Wildman–Crippen MR) is 119 cm³/mol. The van der Waals surface area contributed by atoms with Gasteiger partial charge in [0, 0.05) is 58.8 Å². The van der Waals surface area contributed by atoms with Crippen LogP contribution in [0.4, 0.5) is 0 Å². The highest BCUT2D eigenvalue weighted by Crippen LogP contribution is 2.26. The number of carbonyl (C=O) groups is 1. The SMILES string of the molecule is CN=C(NCCCc1ccccc1)NCCN1CCN(C(=O)C2CCCC2)CC1. The van der Waals surface area contributed by atoms with Gasteiger partial charge in [0.05, 0.1) is 0 Å². The van der Waals surface area contributed by atoms with E-state index in [9.17, 15) is 4.79 Å². The van der Waals surface area contributed by atoms with Crippen LogP contribution < -0.4 is 10.6 Å². The van der Waals surface area contributed by atoms with Gasteiger partial charge in [0.1, 0.15) is 0 Å². The van der Waals surface area contributed by atoms with Gasteiger partial charge in [-0.3, -0.25) is 14.7 Å². The number of hydrogen-bond acceptors (Lipinski definition) is 3. The molecule has 29 heavy (non-hydrogen) atoms. The Hall–Kier alpha value is -2.08. The van der Waals surface area contributed by atoms with Gasteiger partial charge in [0.2, 0.25) is 5.91 Å². The molecule has 3 rings (SSSR count). The Morgan fingerprint density at radius 3 is 2.41 bits per heavy atom. The minimum absolute atomic E-state index is 0.305. The third kappa shape index (κ3) is 7.03. The van der Waals surface area contributed by atoms with Gasteiger partial charge in [0.25, 0.3) is 0 Å². The maximum atomic E-state index is 12.5. The Morgan fingerprint density at radius 1 is 1.03 bits per heavy atom. The Kier molecular flexibility index (Phi) is 8.81. The molecule has 160 valence electrons.